The minimum absolute atomic E-state index is 0. The molecule has 2 unspecified atom stereocenters. The van der Waals surface area contributed by atoms with Crippen LogP contribution in [0.4, 0.5) is 0 Å². The molecule has 2 N–H and O–H groups in total. The number of nitrogens with two attached hydrogens (primary N) is 1. The summed E-state index contributed by atoms with van der Waals surface area (Å²) in [6.45, 7) is 4.36. The molecular weight excluding hydrogens is 268 g/mol. The van der Waals surface area contributed by atoms with E-state index in [1.54, 1.807) is 18.9 Å². The molecule has 1 aromatic carbocycles. The second kappa shape index (κ2) is 5.85. The van der Waals surface area contributed by atoms with Gasteiger partial charge in [0.25, 0.3) is 0 Å². The van der Waals surface area contributed by atoms with Crippen molar-refractivity contribution in [1.29, 1.82) is 0 Å². The third kappa shape index (κ3) is 2.75. The molecule has 0 fully saturated rings. The van der Waals surface area contributed by atoms with Crippen molar-refractivity contribution in [1.82, 2.24) is 0 Å². The Bertz CT molecular complexity index is 435. The van der Waals surface area contributed by atoms with E-state index < -0.39 is 0 Å². The average Bonchev–Trinajstić information content (AvgIpc) is 2.34. The van der Waals surface area contributed by atoms with E-state index >= 15 is 0 Å². The first-order valence-corrected chi connectivity index (χ1v) is 6.67. The number of aliphatic imine (C=N–C) groups is 1. The maximum absolute atomic E-state index is 5.85. The molecule has 1 aliphatic heterocycles. The van der Waals surface area contributed by atoms with Gasteiger partial charge in [0.2, 0.25) is 0 Å². The maximum atomic E-state index is 5.85. The van der Waals surface area contributed by atoms with Crippen LogP contribution in [-0.4, -0.2) is 18.0 Å². The van der Waals surface area contributed by atoms with Crippen LogP contribution < -0.4 is 10.5 Å². The highest BCUT2D eigenvalue weighted by atomic mass is 35.5. The highest BCUT2D eigenvalue weighted by Crippen LogP contribution is 2.39. The Hall–Kier alpha value is -0.870. The standard InChI is InChI=1S/C13H18N2OS.ClH/c1-9-8-17-12(14)15-13(9,2)10-4-6-11(16-3)7-5-10;/h4-7,9H,8H2,1-3H3,(H2,14,15);1H. The van der Waals surface area contributed by atoms with Crippen molar-refractivity contribution < 1.29 is 4.74 Å². The lowest BCUT2D eigenvalue weighted by molar-refractivity contribution is 0.356. The smallest absolute Gasteiger partial charge is 0.154 e. The number of amidine groups is 1. The second-order valence-corrected chi connectivity index (χ2v) is 5.58. The molecule has 5 heteroatoms. The third-order valence-corrected chi connectivity index (χ3v) is 4.51. The van der Waals surface area contributed by atoms with Crippen molar-refractivity contribution in [2.45, 2.75) is 19.4 Å². The van der Waals surface area contributed by atoms with E-state index in [-0.39, 0.29) is 17.9 Å². The monoisotopic (exact) mass is 286 g/mol. The molecule has 0 spiro atoms. The topological polar surface area (TPSA) is 47.6 Å². The van der Waals surface area contributed by atoms with Crippen LogP contribution in [0.3, 0.4) is 0 Å². The molecule has 1 aromatic rings. The number of methoxy groups -OCH3 is 1. The fourth-order valence-corrected chi connectivity index (χ4v) is 3.02. The Morgan fingerprint density at radius 3 is 2.56 bits per heavy atom. The van der Waals surface area contributed by atoms with Crippen LogP contribution in [-0.2, 0) is 5.54 Å². The Morgan fingerprint density at radius 1 is 1.39 bits per heavy atom. The lowest BCUT2D eigenvalue weighted by Crippen LogP contribution is -2.36. The summed E-state index contributed by atoms with van der Waals surface area (Å²) in [4.78, 5) is 4.64. The number of hydrogen-bond acceptors (Lipinski definition) is 4. The predicted molar refractivity (Wildman–Crippen MR) is 80.8 cm³/mol. The van der Waals surface area contributed by atoms with Crippen LogP contribution in [0.1, 0.15) is 19.4 Å². The molecule has 18 heavy (non-hydrogen) atoms. The van der Waals surface area contributed by atoms with Crippen LogP contribution in [0.25, 0.3) is 0 Å². The molecular formula is C13H19ClN2OS. The number of nitrogens with zero attached hydrogens (tertiary/aromatic N) is 1. The molecule has 2 rings (SSSR count). The van der Waals surface area contributed by atoms with Crippen molar-refractivity contribution in [2.75, 3.05) is 12.9 Å². The van der Waals surface area contributed by atoms with Gasteiger partial charge in [-0.2, -0.15) is 0 Å². The third-order valence-electron chi connectivity index (χ3n) is 3.46. The van der Waals surface area contributed by atoms with Gasteiger partial charge in [0.15, 0.2) is 5.17 Å². The highest BCUT2D eigenvalue weighted by Gasteiger charge is 2.36. The van der Waals surface area contributed by atoms with Gasteiger partial charge in [0, 0.05) is 5.75 Å². The molecule has 0 radical (unpaired) electrons. The van der Waals surface area contributed by atoms with Gasteiger partial charge in [0.05, 0.1) is 12.6 Å². The van der Waals surface area contributed by atoms with Gasteiger partial charge in [-0.15, -0.1) is 12.4 Å². The molecule has 0 saturated heterocycles. The molecule has 3 nitrogen and oxygen atoms in total. The van der Waals surface area contributed by atoms with E-state index in [1.807, 2.05) is 12.1 Å². The largest absolute Gasteiger partial charge is 0.497 e. The summed E-state index contributed by atoms with van der Waals surface area (Å²) in [5, 5.41) is 0.682. The second-order valence-electron chi connectivity index (χ2n) is 4.54. The SMILES string of the molecule is COc1ccc(C2(C)N=C(N)SCC2C)cc1.Cl. The van der Waals surface area contributed by atoms with E-state index in [1.165, 1.54) is 5.56 Å². The van der Waals surface area contributed by atoms with Gasteiger partial charge in [-0.1, -0.05) is 30.8 Å². The number of halogens is 1. The molecule has 100 valence electrons. The van der Waals surface area contributed by atoms with Gasteiger partial charge < -0.3 is 10.5 Å². The number of hydrogen-bond donors (Lipinski definition) is 1. The summed E-state index contributed by atoms with van der Waals surface area (Å²) in [5.41, 5.74) is 6.82. The first-order valence-electron chi connectivity index (χ1n) is 5.69. The van der Waals surface area contributed by atoms with E-state index in [9.17, 15) is 0 Å². The van der Waals surface area contributed by atoms with Gasteiger partial charge in [0.1, 0.15) is 5.75 Å². The van der Waals surface area contributed by atoms with Gasteiger partial charge >= 0.3 is 0 Å². The van der Waals surface area contributed by atoms with E-state index in [4.69, 9.17) is 10.5 Å². The van der Waals surface area contributed by atoms with E-state index in [0.717, 1.165) is 11.5 Å². The maximum Gasteiger partial charge on any atom is 0.154 e. The van der Waals surface area contributed by atoms with Crippen LogP contribution >= 0.6 is 24.2 Å². The quantitative estimate of drug-likeness (QED) is 0.909. The summed E-state index contributed by atoms with van der Waals surface area (Å²) >= 11 is 1.63. The highest BCUT2D eigenvalue weighted by molar-refractivity contribution is 8.13. The zero-order valence-electron chi connectivity index (χ0n) is 10.8. The van der Waals surface area contributed by atoms with Crippen molar-refractivity contribution >= 4 is 29.3 Å². The van der Waals surface area contributed by atoms with Crippen LogP contribution in [0.5, 0.6) is 5.75 Å². The fraction of sp³-hybridized carbons (Fsp3) is 0.462. The zero-order valence-corrected chi connectivity index (χ0v) is 12.5. The average molecular weight is 287 g/mol. The summed E-state index contributed by atoms with van der Waals surface area (Å²) in [6, 6.07) is 8.09. The number of rotatable bonds is 2. The summed E-state index contributed by atoms with van der Waals surface area (Å²) in [6.07, 6.45) is 0. The Labute approximate surface area is 119 Å². The number of ether oxygens (including phenoxy) is 1. The minimum Gasteiger partial charge on any atom is -0.497 e. The Kier molecular flexibility index (Phi) is 4.93. The molecule has 0 bridgehead atoms. The fourth-order valence-electron chi connectivity index (χ4n) is 2.02. The van der Waals surface area contributed by atoms with Crippen LogP contribution in [0, 0.1) is 5.92 Å². The minimum atomic E-state index is -0.221. The predicted octanol–water partition coefficient (Wildman–Crippen LogP) is 3.03. The molecule has 0 saturated carbocycles. The molecule has 1 heterocycles. The number of benzene rings is 1. The van der Waals surface area contributed by atoms with Crippen LogP contribution in [0.2, 0.25) is 0 Å². The molecule has 0 aliphatic carbocycles. The lowest BCUT2D eigenvalue weighted by Gasteiger charge is -2.36. The van der Waals surface area contributed by atoms with Gasteiger partial charge in [-0.3, -0.25) is 4.99 Å². The Morgan fingerprint density at radius 2 is 2.00 bits per heavy atom. The van der Waals surface area contributed by atoms with Crippen molar-refractivity contribution in [2.24, 2.45) is 16.6 Å². The van der Waals surface area contributed by atoms with Crippen molar-refractivity contribution in [3.63, 3.8) is 0 Å². The normalized spacial score (nSPS) is 27.1. The van der Waals surface area contributed by atoms with Gasteiger partial charge in [-0.25, -0.2) is 0 Å². The first-order chi connectivity index (χ1) is 8.06. The Balaban J connectivity index is 0.00000162. The molecule has 0 aromatic heterocycles. The van der Waals surface area contributed by atoms with E-state index in [2.05, 4.69) is 31.0 Å². The molecule has 1 aliphatic rings. The summed E-state index contributed by atoms with van der Waals surface area (Å²) in [5.74, 6) is 2.35. The molecule has 2 atom stereocenters. The summed E-state index contributed by atoms with van der Waals surface area (Å²) < 4.78 is 5.17. The van der Waals surface area contributed by atoms with Crippen molar-refractivity contribution in [3.05, 3.63) is 29.8 Å². The van der Waals surface area contributed by atoms with Crippen LogP contribution in [0.15, 0.2) is 29.3 Å². The number of thioether (sulfide) groups is 1. The first kappa shape index (κ1) is 15.2. The van der Waals surface area contributed by atoms with Crippen molar-refractivity contribution in [3.8, 4) is 5.75 Å². The summed E-state index contributed by atoms with van der Waals surface area (Å²) in [7, 11) is 1.67. The zero-order chi connectivity index (χ0) is 12.5. The van der Waals surface area contributed by atoms with Gasteiger partial charge in [-0.05, 0) is 30.5 Å². The molecule has 0 amide bonds. The van der Waals surface area contributed by atoms with E-state index in [0.29, 0.717) is 11.1 Å². The lowest BCUT2D eigenvalue weighted by atomic mass is 9.82.